The quantitative estimate of drug-likeness (QED) is 0.518. The SMILES string of the molecule is CCCCCCN(CCO)CCCCCC. The fourth-order valence-electron chi connectivity index (χ4n) is 2.00. The van der Waals surface area contributed by atoms with Crippen LogP contribution in [0.15, 0.2) is 0 Å². The Kier molecular flexibility index (Phi) is 12.9. The van der Waals surface area contributed by atoms with Gasteiger partial charge in [0.15, 0.2) is 0 Å². The zero-order valence-corrected chi connectivity index (χ0v) is 11.4. The van der Waals surface area contributed by atoms with Gasteiger partial charge in [-0.05, 0) is 25.9 Å². The Balaban J connectivity index is 3.45. The van der Waals surface area contributed by atoms with E-state index in [1.54, 1.807) is 0 Å². The molecule has 0 bridgehead atoms. The van der Waals surface area contributed by atoms with Gasteiger partial charge in [-0.15, -0.1) is 0 Å². The lowest BCUT2D eigenvalue weighted by atomic mass is 10.1. The number of rotatable bonds is 12. The number of aliphatic hydroxyl groups excluding tert-OH is 1. The summed E-state index contributed by atoms with van der Waals surface area (Å²) in [6.45, 7) is 8.01. The van der Waals surface area contributed by atoms with Crippen molar-refractivity contribution in [2.24, 2.45) is 0 Å². The molecule has 2 heteroatoms. The molecule has 98 valence electrons. The molecule has 0 saturated heterocycles. The van der Waals surface area contributed by atoms with Crippen molar-refractivity contribution in [1.82, 2.24) is 4.90 Å². The Bertz CT molecular complexity index is 116. The van der Waals surface area contributed by atoms with Gasteiger partial charge in [0.25, 0.3) is 0 Å². The lowest BCUT2D eigenvalue weighted by Gasteiger charge is -2.21. The summed E-state index contributed by atoms with van der Waals surface area (Å²) in [5.74, 6) is 0. The zero-order valence-electron chi connectivity index (χ0n) is 11.4. The molecule has 0 unspecified atom stereocenters. The van der Waals surface area contributed by atoms with E-state index in [-0.39, 0.29) is 0 Å². The third-order valence-electron chi connectivity index (χ3n) is 3.07. The first kappa shape index (κ1) is 15.9. The molecule has 0 aromatic rings. The van der Waals surface area contributed by atoms with Crippen LogP contribution in [-0.4, -0.2) is 36.2 Å². The monoisotopic (exact) mass is 229 g/mol. The van der Waals surface area contributed by atoms with Gasteiger partial charge in [0.05, 0.1) is 6.61 Å². The first-order chi connectivity index (χ1) is 7.85. The van der Waals surface area contributed by atoms with Crippen LogP contribution in [-0.2, 0) is 0 Å². The van der Waals surface area contributed by atoms with Crippen molar-refractivity contribution in [3.8, 4) is 0 Å². The van der Waals surface area contributed by atoms with Crippen LogP contribution in [0.25, 0.3) is 0 Å². The molecule has 0 aromatic heterocycles. The Morgan fingerprint density at radius 2 is 1.19 bits per heavy atom. The Hall–Kier alpha value is -0.0800. The van der Waals surface area contributed by atoms with Crippen molar-refractivity contribution in [2.45, 2.75) is 65.2 Å². The van der Waals surface area contributed by atoms with Crippen molar-refractivity contribution in [3.05, 3.63) is 0 Å². The summed E-state index contributed by atoms with van der Waals surface area (Å²) >= 11 is 0. The predicted octanol–water partition coefficient (Wildman–Crippen LogP) is 3.44. The van der Waals surface area contributed by atoms with Gasteiger partial charge < -0.3 is 10.0 Å². The highest BCUT2D eigenvalue weighted by Gasteiger charge is 2.03. The molecule has 0 rings (SSSR count). The van der Waals surface area contributed by atoms with Crippen molar-refractivity contribution in [3.63, 3.8) is 0 Å². The number of nitrogens with zero attached hydrogens (tertiary/aromatic N) is 1. The van der Waals surface area contributed by atoms with E-state index >= 15 is 0 Å². The third kappa shape index (κ3) is 10.4. The van der Waals surface area contributed by atoms with Crippen molar-refractivity contribution in [2.75, 3.05) is 26.2 Å². The van der Waals surface area contributed by atoms with Crippen LogP contribution < -0.4 is 0 Å². The van der Waals surface area contributed by atoms with E-state index in [0.717, 1.165) is 6.54 Å². The molecule has 16 heavy (non-hydrogen) atoms. The van der Waals surface area contributed by atoms with E-state index in [9.17, 15) is 0 Å². The van der Waals surface area contributed by atoms with Gasteiger partial charge in [0.1, 0.15) is 0 Å². The summed E-state index contributed by atoms with van der Waals surface area (Å²) in [6, 6.07) is 0. The molecule has 0 atom stereocenters. The van der Waals surface area contributed by atoms with Gasteiger partial charge in [0, 0.05) is 6.54 Å². The highest BCUT2D eigenvalue weighted by Crippen LogP contribution is 2.04. The van der Waals surface area contributed by atoms with E-state index in [1.807, 2.05) is 0 Å². The van der Waals surface area contributed by atoms with Gasteiger partial charge in [-0.2, -0.15) is 0 Å². The molecule has 0 saturated carbocycles. The van der Waals surface area contributed by atoms with Crippen LogP contribution in [0.4, 0.5) is 0 Å². The minimum atomic E-state index is 0.307. The van der Waals surface area contributed by atoms with E-state index in [2.05, 4.69) is 18.7 Å². The summed E-state index contributed by atoms with van der Waals surface area (Å²) < 4.78 is 0. The summed E-state index contributed by atoms with van der Waals surface area (Å²) in [5, 5.41) is 9.00. The number of hydrogen-bond donors (Lipinski definition) is 1. The minimum Gasteiger partial charge on any atom is -0.395 e. The molecule has 0 fully saturated rings. The third-order valence-corrected chi connectivity index (χ3v) is 3.07. The average Bonchev–Trinajstić information content (AvgIpc) is 2.30. The summed E-state index contributed by atoms with van der Waals surface area (Å²) in [6.07, 6.45) is 10.6. The second kappa shape index (κ2) is 13.0. The normalized spacial score (nSPS) is 11.2. The maximum absolute atomic E-state index is 9.00. The standard InChI is InChI=1S/C14H31NO/c1-3-5-7-9-11-15(13-14-16)12-10-8-6-4-2/h16H,3-14H2,1-2H3. The molecular weight excluding hydrogens is 198 g/mol. The van der Waals surface area contributed by atoms with E-state index in [1.165, 1.54) is 64.5 Å². The smallest absolute Gasteiger partial charge is 0.0558 e. The molecule has 0 amide bonds. The number of hydrogen-bond acceptors (Lipinski definition) is 2. The van der Waals surface area contributed by atoms with E-state index < -0.39 is 0 Å². The first-order valence-electron chi connectivity index (χ1n) is 7.18. The van der Waals surface area contributed by atoms with E-state index in [4.69, 9.17) is 5.11 Å². The van der Waals surface area contributed by atoms with Crippen LogP contribution in [0, 0.1) is 0 Å². The molecule has 2 nitrogen and oxygen atoms in total. The Labute approximate surface area is 102 Å². The summed E-state index contributed by atoms with van der Waals surface area (Å²) in [7, 11) is 0. The largest absolute Gasteiger partial charge is 0.395 e. The topological polar surface area (TPSA) is 23.5 Å². The van der Waals surface area contributed by atoms with Gasteiger partial charge in [-0.25, -0.2) is 0 Å². The average molecular weight is 229 g/mol. The minimum absolute atomic E-state index is 0.307. The van der Waals surface area contributed by atoms with Gasteiger partial charge in [-0.1, -0.05) is 52.4 Å². The highest BCUT2D eigenvalue weighted by molar-refractivity contribution is 4.58. The predicted molar refractivity (Wildman–Crippen MR) is 71.8 cm³/mol. The van der Waals surface area contributed by atoms with Crippen LogP contribution >= 0.6 is 0 Å². The van der Waals surface area contributed by atoms with Crippen LogP contribution in [0.5, 0.6) is 0 Å². The highest BCUT2D eigenvalue weighted by atomic mass is 16.3. The summed E-state index contributed by atoms with van der Waals surface area (Å²) in [5.41, 5.74) is 0. The first-order valence-corrected chi connectivity index (χ1v) is 7.18. The van der Waals surface area contributed by atoms with E-state index in [0.29, 0.717) is 6.61 Å². The number of unbranched alkanes of at least 4 members (excludes halogenated alkanes) is 6. The maximum atomic E-state index is 9.00. The van der Waals surface area contributed by atoms with Crippen LogP contribution in [0.2, 0.25) is 0 Å². The maximum Gasteiger partial charge on any atom is 0.0558 e. The fourth-order valence-corrected chi connectivity index (χ4v) is 2.00. The van der Waals surface area contributed by atoms with Crippen molar-refractivity contribution >= 4 is 0 Å². The van der Waals surface area contributed by atoms with Crippen molar-refractivity contribution < 1.29 is 5.11 Å². The molecule has 0 aromatic carbocycles. The lowest BCUT2D eigenvalue weighted by Crippen LogP contribution is -2.29. The molecule has 0 aliphatic carbocycles. The molecule has 1 N–H and O–H groups in total. The van der Waals surface area contributed by atoms with Gasteiger partial charge in [-0.3, -0.25) is 0 Å². The second-order valence-electron chi connectivity index (χ2n) is 4.69. The zero-order chi connectivity index (χ0) is 12.1. The Morgan fingerprint density at radius 3 is 1.56 bits per heavy atom. The molecule has 0 heterocycles. The van der Waals surface area contributed by atoms with Gasteiger partial charge in [0.2, 0.25) is 0 Å². The van der Waals surface area contributed by atoms with Crippen molar-refractivity contribution in [1.29, 1.82) is 0 Å². The molecule has 0 aliphatic heterocycles. The fraction of sp³-hybridized carbons (Fsp3) is 1.00. The van der Waals surface area contributed by atoms with Crippen LogP contribution in [0.3, 0.4) is 0 Å². The molecule has 0 radical (unpaired) electrons. The molecule has 0 spiro atoms. The summed E-state index contributed by atoms with van der Waals surface area (Å²) in [4.78, 5) is 2.42. The second-order valence-corrected chi connectivity index (χ2v) is 4.69. The van der Waals surface area contributed by atoms with Gasteiger partial charge >= 0.3 is 0 Å². The lowest BCUT2D eigenvalue weighted by molar-refractivity contribution is 0.190. The Morgan fingerprint density at radius 1 is 0.688 bits per heavy atom. The molecular formula is C14H31NO. The van der Waals surface area contributed by atoms with Crippen LogP contribution in [0.1, 0.15) is 65.2 Å². The number of aliphatic hydroxyl groups is 1. The molecule has 0 aliphatic rings.